The van der Waals surface area contributed by atoms with Crippen LogP contribution in [0.2, 0.25) is 0 Å². The summed E-state index contributed by atoms with van der Waals surface area (Å²) in [7, 11) is 0. The monoisotopic (exact) mass is 424 g/mol. The number of H-pyrrole nitrogens is 1. The summed E-state index contributed by atoms with van der Waals surface area (Å²) < 4.78 is 25.3. The molecule has 9 heteroatoms. The molecule has 2 N–H and O–H groups in total. The molecule has 5 rings (SSSR count). The number of imidazole rings is 1. The predicted octanol–water partition coefficient (Wildman–Crippen LogP) is 3.61. The zero-order chi connectivity index (χ0) is 21.9. The van der Waals surface area contributed by atoms with Crippen LogP contribution >= 0.6 is 0 Å². The van der Waals surface area contributed by atoms with E-state index in [9.17, 15) is 14.3 Å². The molecule has 0 spiro atoms. The van der Waals surface area contributed by atoms with Gasteiger partial charge in [-0.25, -0.2) is 14.4 Å². The largest absolute Gasteiger partial charge is 0.458 e. The molecule has 4 aromatic rings. The summed E-state index contributed by atoms with van der Waals surface area (Å²) in [5.74, 6) is -0.147. The summed E-state index contributed by atoms with van der Waals surface area (Å²) >= 11 is 0. The first-order valence-corrected chi connectivity index (χ1v) is 9.95. The number of aliphatic hydroxyl groups is 1. The van der Waals surface area contributed by atoms with Crippen molar-refractivity contribution in [3.8, 4) is 0 Å². The van der Waals surface area contributed by atoms with Crippen molar-refractivity contribution in [2.24, 2.45) is 0 Å². The van der Waals surface area contributed by atoms with Crippen LogP contribution in [-0.4, -0.2) is 37.4 Å². The Kier molecular flexibility index (Phi) is 4.26. The van der Waals surface area contributed by atoms with Crippen LogP contribution in [0.5, 0.6) is 0 Å². The normalized spacial score (nSPS) is 16.7. The lowest BCUT2D eigenvalue weighted by molar-refractivity contribution is 0.0437. The van der Waals surface area contributed by atoms with Gasteiger partial charge in [0, 0.05) is 24.0 Å². The van der Waals surface area contributed by atoms with Crippen LogP contribution < -0.4 is 0 Å². The molecular formula is C22H21FN4O4. The zero-order valence-electron chi connectivity index (χ0n) is 17.3. The molecule has 0 bridgehead atoms. The van der Waals surface area contributed by atoms with E-state index < -0.39 is 11.6 Å². The van der Waals surface area contributed by atoms with Gasteiger partial charge in [0.25, 0.3) is 5.91 Å². The van der Waals surface area contributed by atoms with Crippen LogP contribution in [0.1, 0.15) is 59.2 Å². The van der Waals surface area contributed by atoms with Gasteiger partial charge in [0.15, 0.2) is 0 Å². The van der Waals surface area contributed by atoms with Gasteiger partial charge in [0.1, 0.15) is 28.8 Å². The Balaban J connectivity index is 1.60. The summed E-state index contributed by atoms with van der Waals surface area (Å²) in [6.07, 6.45) is 2.16. The summed E-state index contributed by atoms with van der Waals surface area (Å²) in [6, 6.07) is 5.38. The minimum Gasteiger partial charge on any atom is -0.458 e. The number of nitrogens with one attached hydrogen (secondary N) is 1. The second-order valence-electron chi connectivity index (χ2n) is 8.24. The molecule has 4 heterocycles. The molecular weight excluding hydrogens is 403 g/mol. The Hall–Kier alpha value is -3.46. The van der Waals surface area contributed by atoms with E-state index in [1.165, 1.54) is 12.1 Å². The quantitative estimate of drug-likeness (QED) is 0.520. The van der Waals surface area contributed by atoms with Crippen molar-refractivity contribution < 1.29 is 23.1 Å². The van der Waals surface area contributed by atoms with Crippen LogP contribution in [0, 0.1) is 12.7 Å². The van der Waals surface area contributed by atoms with Gasteiger partial charge < -0.3 is 23.8 Å². The van der Waals surface area contributed by atoms with Gasteiger partial charge in [-0.3, -0.25) is 4.79 Å². The summed E-state index contributed by atoms with van der Waals surface area (Å²) in [6.45, 7) is 5.14. The molecule has 0 fully saturated rings. The molecule has 0 unspecified atom stereocenters. The summed E-state index contributed by atoms with van der Waals surface area (Å²) in [4.78, 5) is 26.9. The number of benzene rings is 1. The van der Waals surface area contributed by atoms with Crippen molar-refractivity contribution in [3.63, 3.8) is 0 Å². The number of hydrogen-bond acceptors (Lipinski definition) is 6. The number of carbonyl (C=O) groups excluding carboxylic acids is 1. The van der Waals surface area contributed by atoms with Gasteiger partial charge in [-0.05, 0) is 45.0 Å². The van der Waals surface area contributed by atoms with E-state index in [4.69, 9.17) is 8.83 Å². The highest BCUT2D eigenvalue weighted by Crippen LogP contribution is 2.37. The van der Waals surface area contributed by atoms with Crippen LogP contribution in [0.3, 0.4) is 0 Å². The lowest BCUT2D eigenvalue weighted by Crippen LogP contribution is -2.40. The Morgan fingerprint density at radius 2 is 2.13 bits per heavy atom. The second-order valence-corrected chi connectivity index (χ2v) is 8.24. The van der Waals surface area contributed by atoms with E-state index in [1.54, 1.807) is 44.1 Å². The molecule has 0 saturated carbocycles. The van der Waals surface area contributed by atoms with Crippen LogP contribution in [0.25, 0.3) is 11.0 Å². The Morgan fingerprint density at radius 3 is 2.87 bits per heavy atom. The van der Waals surface area contributed by atoms with Gasteiger partial charge in [0.05, 0.1) is 17.7 Å². The standard InChI is InChI=1S/C22H21FN4O4/c1-11-19(31-21(26-11)22(2,3)29)20(28)27-7-6-14-17(25-10-24-14)18(27)16-9-12-8-13(23)4-5-15(12)30-16/h4-5,8-10,18,29H,6-7H2,1-3H3,(H,24,25)/t18-/m1/s1. The molecule has 0 aliphatic carbocycles. The SMILES string of the molecule is Cc1nc(C(C)(C)O)oc1C(=O)N1CCc2[nH]cnc2[C@H]1c1cc2cc(F)ccc2o1. The molecule has 0 saturated heterocycles. The maximum Gasteiger partial charge on any atom is 0.292 e. The molecule has 160 valence electrons. The lowest BCUT2D eigenvalue weighted by Gasteiger charge is -2.33. The molecule has 1 amide bonds. The third-order valence-corrected chi connectivity index (χ3v) is 5.47. The average molecular weight is 424 g/mol. The Labute approximate surface area is 176 Å². The van der Waals surface area contributed by atoms with E-state index >= 15 is 0 Å². The number of fused-ring (bicyclic) bond motifs is 2. The van der Waals surface area contributed by atoms with Gasteiger partial charge in [-0.1, -0.05) is 0 Å². The smallest absolute Gasteiger partial charge is 0.292 e. The average Bonchev–Trinajstić information content (AvgIpc) is 3.43. The Bertz CT molecular complexity index is 1300. The van der Waals surface area contributed by atoms with Crippen molar-refractivity contribution in [1.29, 1.82) is 0 Å². The molecule has 31 heavy (non-hydrogen) atoms. The first-order valence-electron chi connectivity index (χ1n) is 9.95. The molecule has 3 aromatic heterocycles. The molecule has 8 nitrogen and oxygen atoms in total. The Morgan fingerprint density at radius 1 is 1.32 bits per heavy atom. The minimum absolute atomic E-state index is 0.0586. The van der Waals surface area contributed by atoms with Crippen molar-refractivity contribution in [3.05, 3.63) is 70.9 Å². The van der Waals surface area contributed by atoms with Gasteiger partial charge in [-0.2, -0.15) is 0 Å². The minimum atomic E-state index is -1.32. The highest BCUT2D eigenvalue weighted by atomic mass is 19.1. The fourth-order valence-corrected chi connectivity index (χ4v) is 3.94. The lowest BCUT2D eigenvalue weighted by atomic mass is 9.99. The number of aromatic amines is 1. The second kappa shape index (κ2) is 6.78. The molecule has 1 aliphatic rings. The van der Waals surface area contributed by atoms with Gasteiger partial charge >= 0.3 is 0 Å². The van der Waals surface area contributed by atoms with Crippen LogP contribution in [0.15, 0.2) is 39.4 Å². The van der Waals surface area contributed by atoms with Crippen LogP contribution in [0.4, 0.5) is 4.39 Å². The van der Waals surface area contributed by atoms with E-state index in [2.05, 4.69) is 15.0 Å². The van der Waals surface area contributed by atoms with E-state index in [1.807, 2.05) is 0 Å². The van der Waals surface area contributed by atoms with Crippen molar-refractivity contribution in [1.82, 2.24) is 19.9 Å². The van der Waals surface area contributed by atoms with Gasteiger partial charge in [-0.15, -0.1) is 0 Å². The molecule has 0 radical (unpaired) electrons. The van der Waals surface area contributed by atoms with Crippen molar-refractivity contribution >= 4 is 16.9 Å². The highest BCUT2D eigenvalue weighted by molar-refractivity contribution is 5.93. The zero-order valence-corrected chi connectivity index (χ0v) is 17.3. The number of nitrogens with zero attached hydrogens (tertiary/aromatic N) is 3. The first-order chi connectivity index (χ1) is 14.7. The van der Waals surface area contributed by atoms with E-state index in [0.717, 1.165) is 5.69 Å². The van der Waals surface area contributed by atoms with Crippen molar-refractivity contribution in [2.45, 2.75) is 38.8 Å². The molecule has 1 aromatic carbocycles. The number of halogens is 1. The molecule has 1 atom stereocenters. The van der Waals surface area contributed by atoms with Gasteiger partial charge in [0.2, 0.25) is 11.7 Å². The number of aryl methyl sites for hydroxylation is 1. The first kappa shape index (κ1) is 19.5. The maximum absolute atomic E-state index is 13.7. The predicted molar refractivity (Wildman–Crippen MR) is 108 cm³/mol. The van der Waals surface area contributed by atoms with Crippen molar-refractivity contribution in [2.75, 3.05) is 6.54 Å². The summed E-state index contributed by atoms with van der Waals surface area (Å²) in [5.41, 5.74) is 1.17. The summed E-state index contributed by atoms with van der Waals surface area (Å²) in [5, 5.41) is 10.8. The number of furan rings is 1. The fourth-order valence-electron chi connectivity index (χ4n) is 3.94. The number of amides is 1. The maximum atomic E-state index is 13.7. The topological polar surface area (TPSA) is 108 Å². The molecule has 1 aliphatic heterocycles. The number of rotatable bonds is 3. The number of aromatic nitrogens is 3. The number of carbonyl (C=O) groups is 1. The van der Waals surface area contributed by atoms with Crippen LogP contribution in [-0.2, 0) is 12.0 Å². The third-order valence-electron chi connectivity index (χ3n) is 5.47. The van der Waals surface area contributed by atoms with E-state index in [0.29, 0.717) is 41.1 Å². The van der Waals surface area contributed by atoms with E-state index in [-0.39, 0.29) is 23.4 Å². The third kappa shape index (κ3) is 3.21. The number of hydrogen-bond donors (Lipinski definition) is 2. The fraction of sp³-hybridized carbons (Fsp3) is 0.318. The highest BCUT2D eigenvalue weighted by Gasteiger charge is 2.39. The number of oxazole rings is 1.